The number of hydrogen-bond acceptors (Lipinski definition) is 6. The minimum Gasteiger partial charge on any atom is -0.453 e. The van der Waals surface area contributed by atoms with E-state index in [1.165, 1.54) is 6.92 Å². The zero-order chi connectivity index (χ0) is 22.2. The maximum Gasteiger partial charge on any atom is 0.307 e. The van der Waals surface area contributed by atoms with Crippen molar-refractivity contribution < 1.29 is 23.9 Å². The lowest BCUT2D eigenvalue weighted by Crippen LogP contribution is -2.36. The van der Waals surface area contributed by atoms with E-state index in [4.69, 9.17) is 9.47 Å². The van der Waals surface area contributed by atoms with Gasteiger partial charge in [0.1, 0.15) is 0 Å². The molecule has 7 nitrogen and oxygen atoms in total. The molecular formula is C24H28N2O5. The molecule has 164 valence electrons. The number of aryl methyl sites for hydroxylation is 1. The summed E-state index contributed by atoms with van der Waals surface area (Å²) in [7, 11) is 0. The summed E-state index contributed by atoms with van der Waals surface area (Å²) >= 11 is 0. The van der Waals surface area contributed by atoms with Crippen LogP contribution in [0.5, 0.6) is 0 Å². The van der Waals surface area contributed by atoms with E-state index in [0.717, 1.165) is 24.3 Å². The lowest BCUT2D eigenvalue weighted by atomic mass is 10.1. The molecule has 1 unspecified atom stereocenters. The fraction of sp³-hybridized carbons (Fsp3) is 0.375. The van der Waals surface area contributed by atoms with Crippen LogP contribution in [0.15, 0.2) is 48.5 Å². The Morgan fingerprint density at radius 3 is 2.29 bits per heavy atom. The summed E-state index contributed by atoms with van der Waals surface area (Å²) in [5, 5.41) is 2.75. The predicted molar refractivity (Wildman–Crippen MR) is 118 cm³/mol. The second-order valence-corrected chi connectivity index (χ2v) is 7.56. The molecule has 0 saturated carbocycles. The number of nitrogens with one attached hydrogen (secondary N) is 1. The third-order valence-corrected chi connectivity index (χ3v) is 5.12. The lowest BCUT2D eigenvalue weighted by molar-refractivity contribution is -0.153. The molecule has 1 aliphatic rings. The molecule has 1 fully saturated rings. The Morgan fingerprint density at radius 2 is 1.65 bits per heavy atom. The van der Waals surface area contributed by atoms with Crippen LogP contribution in [0.25, 0.3) is 0 Å². The summed E-state index contributed by atoms with van der Waals surface area (Å²) in [6.07, 6.45) is -0.987. The van der Waals surface area contributed by atoms with Gasteiger partial charge >= 0.3 is 5.97 Å². The second-order valence-electron chi connectivity index (χ2n) is 7.56. The molecule has 0 aromatic heterocycles. The van der Waals surface area contributed by atoms with Gasteiger partial charge in [0.05, 0.1) is 19.6 Å². The molecule has 1 N–H and O–H groups in total. The molecular weight excluding hydrogens is 396 g/mol. The molecule has 0 aliphatic carbocycles. The van der Waals surface area contributed by atoms with Crippen molar-refractivity contribution in [3.63, 3.8) is 0 Å². The fourth-order valence-electron chi connectivity index (χ4n) is 3.23. The molecule has 1 atom stereocenters. The average Bonchev–Trinajstić information content (AvgIpc) is 2.79. The Kier molecular flexibility index (Phi) is 7.78. The number of amides is 1. The smallest absolute Gasteiger partial charge is 0.307 e. The van der Waals surface area contributed by atoms with Crippen molar-refractivity contribution in [3.8, 4) is 0 Å². The van der Waals surface area contributed by atoms with Crippen LogP contribution in [0.1, 0.15) is 35.7 Å². The van der Waals surface area contributed by atoms with Gasteiger partial charge in [-0.05, 0) is 38.1 Å². The SMILES string of the molecule is Cc1ccc(C(=O)CCC(=O)OC(C)C(=O)Nc2ccc(N3CCOCC3)cc2)cc1. The first-order valence-electron chi connectivity index (χ1n) is 10.5. The van der Waals surface area contributed by atoms with Gasteiger partial charge in [0.15, 0.2) is 11.9 Å². The van der Waals surface area contributed by atoms with Crippen molar-refractivity contribution in [2.45, 2.75) is 32.8 Å². The van der Waals surface area contributed by atoms with Crippen molar-refractivity contribution in [1.29, 1.82) is 0 Å². The van der Waals surface area contributed by atoms with Crippen LogP contribution in [0, 0.1) is 6.92 Å². The van der Waals surface area contributed by atoms with Crippen molar-refractivity contribution in [2.75, 3.05) is 36.5 Å². The molecule has 7 heteroatoms. The van der Waals surface area contributed by atoms with E-state index in [2.05, 4.69) is 10.2 Å². The number of carbonyl (C=O) groups excluding carboxylic acids is 3. The highest BCUT2D eigenvalue weighted by Crippen LogP contribution is 2.19. The van der Waals surface area contributed by atoms with Crippen LogP contribution in [-0.2, 0) is 19.1 Å². The normalized spacial score (nSPS) is 14.6. The highest BCUT2D eigenvalue weighted by atomic mass is 16.5. The van der Waals surface area contributed by atoms with E-state index in [9.17, 15) is 14.4 Å². The molecule has 0 spiro atoms. The first-order chi connectivity index (χ1) is 14.9. The number of benzene rings is 2. The average molecular weight is 424 g/mol. The van der Waals surface area contributed by atoms with Gasteiger partial charge in [0, 0.05) is 36.4 Å². The summed E-state index contributed by atoms with van der Waals surface area (Å²) in [4.78, 5) is 38.8. The lowest BCUT2D eigenvalue weighted by Gasteiger charge is -2.28. The van der Waals surface area contributed by atoms with Gasteiger partial charge in [0.25, 0.3) is 5.91 Å². The maximum atomic E-state index is 12.3. The number of ketones is 1. The number of esters is 1. The number of morpholine rings is 1. The number of anilines is 2. The van der Waals surface area contributed by atoms with E-state index in [0.29, 0.717) is 24.5 Å². The Morgan fingerprint density at radius 1 is 1.00 bits per heavy atom. The molecule has 1 aliphatic heterocycles. The van der Waals surface area contributed by atoms with Crippen LogP contribution in [-0.4, -0.2) is 50.1 Å². The van der Waals surface area contributed by atoms with Crippen LogP contribution < -0.4 is 10.2 Å². The number of rotatable bonds is 8. The number of ether oxygens (including phenoxy) is 2. The zero-order valence-electron chi connectivity index (χ0n) is 17.9. The third kappa shape index (κ3) is 6.65. The highest BCUT2D eigenvalue weighted by Gasteiger charge is 2.19. The van der Waals surface area contributed by atoms with Gasteiger partial charge in [0.2, 0.25) is 0 Å². The monoisotopic (exact) mass is 424 g/mol. The largest absolute Gasteiger partial charge is 0.453 e. The summed E-state index contributed by atoms with van der Waals surface area (Å²) in [5.41, 5.74) is 3.31. The van der Waals surface area contributed by atoms with Gasteiger partial charge in [-0.25, -0.2) is 0 Å². The Balaban J connectivity index is 1.43. The summed E-state index contributed by atoms with van der Waals surface area (Å²) < 4.78 is 10.5. The third-order valence-electron chi connectivity index (χ3n) is 5.12. The quantitative estimate of drug-likeness (QED) is 0.517. The van der Waals surface area contributed by atoms with Crippen molar-refractivity contribution in [1.82, 2.24) is 0 Å². The van der Waals surface area contributed by atoms with E-state index >= 15 is 0 Å². The van der Waals surface area contributed by atoms with Crippen LogP contribution in [0.3, 0.4) is 0 Å². The number of hydrogen-bond donors (Lipinski definition) is 1. The highest BCUT2D eigenvalue weighted by molar-refractivity contribution is 5.98. The second kappa shape index (κ2) is 10.7. The first-order valence-corrected chi connectivity index (χ1v) is 10.5. The summed E-state index contributed by atoms with van der Waals surface area (Å²) in [6, 6.07) is 14.7. The molecule has 31 heavy (non-hydrogen) atoms. The number of carbonyl (C=O) groups is 3. The van der Waals surface area contributed by atoms with Crippen molar-refractivity contribution in [3.05, 3.63) is 59.7 Å². The van der Waals surface area contributed by atoms with Gasteiger partial charge in [-0.15, -0.1) is 0 Å². The standard InChI is InChI=1S/C24H28N2O5/c1-17-3-5-19(6-4-17)22(27)11-12-23(28)31-18(2)24(29)25-20-7-9-21(10-8-20)26-13-15-30-16-14-26/h3-10,18H,11-16H2,1-2H3,(H,25,29). The summed E-state index contributed by atoms with van der Waals surface area (Å²) in [6.45, 7) is 6.54. The van der Waals surface area contributed by atoms with Gasteiger partial charge < -0.3 is 19.7 Å². The van der Waals surface area contributed by atoms with Crippen LogP contribution in [0.2, 0.25) is 0 Å². The Hall–Kier alpha value is -3.19. The molecule has 3 rings (SSSR count). The minimum absolute atomic E-state index is 0.0409. The molecule has 1 saturated heterocycles. The fourth-order valence-corrected chi connectivity index (χ4v) is 3.23. The minimum atomic E-state index is -0.958. The van der Waals surface area contributed by atoms with Crippen molar-refractivity contribution >= 4 is 29.0 Å². The van der Waals surface area contributed by atoms with E-state index in [1.807, 2.05) is 43.3 Å². The molecule has 0 radical (unpaired) electrons. The van der Waals surface area contributed by atoms with E-state index < -0.39 is 18.0 Å². The van der Waals surface area contributed by atoms with Gasteiger partial charge in [-0.1, -0.05) is 29.8 Å². The molecule has 0 bridgehead atoms. The topological polar surface area (TPSA) is 84.9 Å². The molecule has 1 heterocycles. The van der Waals surface area contributed by atoms with Crippen LogP contribution in [0.4, 0.5) is 11.4 Å². The molecule has 2 aromatic carbocycles. The van der Waals surface area contributed by atoms with Crippen molar-refractivity contribution in [2.24, 2.45) is 0 Å². The van der Waals surface area contributed by atoms with E-state index in [-0.39, 0.29) is 18.6 Å². The number of nitrogens with zero attached hydrogens (tertiary/aromatic N) is 1. The first kappa shape index (κ1) is 22.5. The molecule has 1 amide bonds. The van der Waals surface area contributed by atoms with Crippen LogP contribution >= 0.6 is 0 Å². The molecule has 2 aromatic rings. The predicted octanol–water partition coefficient (Wildman–Crippen LogP) is 3.36. The number of Topliss-reactive ketones (excluding diaryl/α,β-unsaturated/α-hetero) is 1. The summed E-state index contributed by atoms with van der Waals surface area (Å²) in [5.74, 6) is -1.13. The van der Waals surface area contributed by atoms with Gasteiger partial charge in [-0.3, -0.25) is 14.4 Å². The Labute approximate surface area is 182 Å². The maximum absolute atomic E-state index is 12.3. The van der Waals surface area contributed by atoms with E-state index in [1.54, 1.807) is 12.1 Å². The zero-order valence-corrected chi connectivity index (χ0v) is 17.9. The van der Waals surface area contributed by atoms with Gasteiger partial charge in [-0.2, -0.15) is 0 Å². The Bertz CT molecular complexity index is 903.